The van der Waals surface area contributed by atoms with Crippen LogP contribution in [-0.4, -0.2) is 6.61 Å². The van der Waals surface area contributed by atoms with Gasteiger partial charge < -0.3 is 16.2 Å². The standard InChI is InChI=1S/C22H40N2O.C6H6/c1-2-3-4-5-6-7-8-9-10-11-12-13-14-15-18-25-22-17-16-20(23)19-21(22)24;1-2-4-6-5-3-1/h16-17,19H,2-15,18,23-24H2,1H3;1-6H. The van der Waals surface area contributed by atoms with Crippen molar-refractivity contribution in [2.75, 3.05) is 18.1 Å². The minimum Gasteiger partial charge on any atom is -0.491 e. The summed E-state index contributed by atoms with van der Waals surface area (Å²) in [4.78, 5) is 0. The fraction of sp³-hybridized carbons (Fsp3) is 0.571. The highest BCUT2D eigenvalue weighted by molar-refractivity contribution is 5.60. The van der Waals surface area contributed by atoms with E-state index in [-0.39, 0.29) is 0 Å². The smallest absolute Gasteiger partial charge is 0.142 e. The van der Waals surface area contributed by atoms with Gasteiger partial charge in [0.05, 0.1) is 12.3 Å². The van der Waals surface area contributed by atoms with Gasteiger partial charge in [-0.1, -0.05) is 127 Å². The first-order valence-electron chi connectivity index (χ1n) is 12.5. The van der Waals surface area contributed by atoms with Crippen molar-refractivity contribution < 1.29 is 4.74 Å². The van der Waals surface area contributed by atoms with Gasteiger partial charge in [-0.3, -0.25) is 0 Å². The molecule has 0 radical (unpaired) electrons. The van der Waals surface area contributed by atoms with Crippen LogP contribution in [0.5, 0.6) is 5.75 Å². The maximum atomic E-state index is 5.88. The molecule has 3 nitrogen and oxygen atoms in total. The first-order valence-corrected chi connectivity index (χ1v) is 12.5. The van der Waals surface area contributed by atoms with Gasteiger partial charge in [0.1, 0.15) is 5.75 Å². The molecule has 0 heterocycles. The Bertz CT molecular complexity index is 603. The third-order valence-electron chi connectivity index (χ3n) is 5.46. The average molecular weight is 427 g/mol. The SMILES string of the molecule is CCCCCCCCCCCCCCCCOc1ccc(N)cc1N.c1ccccc1. The van der Waals surface area contributed by atoms with E-state index >= 15 is 0 Å². The summed E-state index contributed by atoms with van der Waals surface area (Å²) in [7, 11) is 0. The lowest BCUT2D eigenvalue weighted by Gasteiger charge is -2.09. The number of hydrogen-bond acceptors (Lipinski definition) is 3. The summed E-state index contributed by atoms with van der Waals surface area (Å²) in [5.41, 5.74) is 12.9. The number of hydrogen-bond donors (Lipinski definition) is 2. The summed E-state index contributed by atoms with van der Waals surface area (Å²) < 4.78 is 5.72. The van der Waals surface area contributed by atoms with Crippen molar-refractivity contribution in [3.63, 3.8) is 0 Å². The number of anilines is 2. The van der Waals surface area contributed by atoms with E-state index in [2.05, 4.69) is 6.92 Å². The monoisotopic (exact) mass is 426 g/mol. The third kappa shape index (κ3) is 16.2. The van der Waals surface area contributed by atoms with Gasteiger partial charge in [0.2, 0.25) is 0 Å². The van der Waals surface area contributed by atoms with E-state index in [1.165, 1.54) is 83.5 Å². The third-order valence-corrected chi connectivity index (χ3v) is 5.46. The van der Waals surface area contributed by atoms with Gasteiger partial charge in [0.15, 0.2) is 0 Å². The van der Waals surface area contributed by atoms with Crippen molar-refractivity contribution in [1.82, 2.24) is 0 Å². The van der Waals surface area contributed by atoms with Crippen LogP contribution in [0.3, 0.4) is 0 Å². The molecule has 0 atom stereocenters. The van der Waals surface area contributed by atoms with Crippen molar-refractivity contribution >= 4 is 11.4 Å². The number of nitrogens with two attached hydrogens (primary N) is 2. The Morgan fingerprint density at radius 2 is 1.00 bits per heavy atom. The molecule has 2 aromatic carbocycles. The Balaban J connectivity index is 0.000000683. The van der Waals surface area contributed by atoms with E-state index in [0.717, 1.165) is 18.8 Å². The Labute approximate surface area is 191 Å². The van der Waals surface area contributed by atoms with Crippen LogP contribution in [0.15, 0.2) is 54.6 Å². The average Bonchev–Trinajstić information content (AvgIpc) is 2.79. The Morgan fingerprint density at radius 1 is 0.581 bits per heavy atom. The quantitative estimate of drug-likeness (QED) is 0.209. The van der Waals surface area contributed by atoms with E-state index in [0.29, 0.717) is 11.4 Å². The lowest BCUT2D eigenvalue weighted by atomic mass is 10.0. The molecule has 0 amide bonds. The van der Waals surface area contributed by atoms with Crippen molar-refractivity contribution in [1.29, 1.82) is 0 Å². The molecule has 0 spiro atoms. The van der Waals surface area contributed by atoms with E-state index < -0.39 is 0 Å². The first-order chi connectivity index (χ1) is 15.2. The van der Waals surface area contributed by atoms with Crippen molar-refractivity contribution in [3.8, 4) is 5.75 Å². The maximum absolute atomic E-state index is 5.88. The summed E-state index contributed by atoms with van der Waals surface area (Å²) in [5, 5.41) is 0. The molecule has 3 heteroatoms. The molecule has 2 rings (SSSR count). The number of ether oxygens (including phenoxy) is 1. The van der Waals surface area contributed by atoms with Crippen molar-refractivity contribution in [3.05, 3.63) is 54.6 Å². The van der Waals surface area contributed by atoms with Gasteiger partial charge >= 0.3 is 0 Å². The molecule has 31 heavy (non-hydrogen) atoms. The van der Waals surface area contributed by atoms with Crippen LogP contribution in [0.1, 0.15) is 96.8 Å². The largest absolute Gasteiger partial charge is 0.491 e. The number of nitrogen functional groups attached to an aromatic ring is 2. The van der Waals surface area contributed by atoms with E-state index in [9.17, 15) is 0 Å². The fourth-order valence-corrected chi connectivity index (χ4v) is 3.56. The van der Waals surface area contributed by atoms with Crippen LogP contribution in [0.25, 0.3) is 0 Å². The minimum atomic E-state index is 0.630. The van der Waals surface area contributed by atoms with Gasteiger partial charge in [-0.15, -0.1) is 0 Å². The molecular weight excluding hydrogens is 380 g/mol. The summed E-state index contributed by atoms with van der Waals surface area (Å²) >= 11 is 0. The predicted octanol–water partition coefficient (Wildman–Crippen LogP) is 8.40. The minimum absolute atomic E-state index is 0.630. The van der Waals surface area contributed by atoms with Gasteiger partial charge in [0, 0.05) is 5.69 Å². The summed E-state index contributed by atoms with van der Waals surface area (Å²) in [5.74, 6) is 0.754. The van der Waals surface area contributed by atoms with Gasteiger partial charge in [-0.05, 0) is 24.6 Å². The van der Waals surface area contributed by atoms with Crippen LogP contribution in [-0.2, 0) is 0 Å². The Morgan fingerprint density at radius 3 is 1.42 bits per heavy atom. The zero-order valence-electron chi connectivity index (χ0n) is 19.9. The lowest BCUT2D eigenvalue weighted by molar-refractivity contribution is 0.306. The highest BCUT2D eigenvalue weighted by atomic mass is 16.5. The second kappa shape index (κ2) is 19.8. The molecule has 2 aromatic rings. The second-order valence-corrected chi connectivity index (χ2v) is 8.40. The molecule has 0 aliphatic heterocycles. The maximum Gasteiger partial charge on any atom is 0.142 e. The van der Waals surface area contributed by atoms with Crippen molar-refractivity contribution in [2.24, 2.45) is 0 Å². The normalized spacial score (nSPS) is 10.4. The summed E-state index contributed by atoms with van der Waals surface area (Å²) in [6.07, 6.45) is 19.2. The van der Waals surface area contributed by atoms with E-state index in [4.69, 9.17) is 16.2 Å². The van der Waals surface area contributed by atoms with E-state index in [1.54, 1.807) is 6.07 Å². The molecule has 174 valence electrons. The van der Waals surface area contributed by atoms with Crippen LogP contribution in [0.2, 0.25) is 0 Å². The molecule has 4 N–H and O–H groups in total. The van der Waals surface area contributed by atoms with Crippen molar-refractivity contribution in [2.45, 2.75) is 96.8 Å². The molecular formula is C28H46N2O. The molecule has 0 bridgehead atoms. The molecule has 0 saturated carbocycles. The number of benzene rings is 2. The predicted molar refractivity (Wildman–Crippen MR) is 138 cm³/mol. The van der Waals surface area contributed by atoms with Gasteiger partial charge in [-0.25, -0.2) is 0 Å². The molecule has 0 aliphatic rings. The molecule has 0 aromatic heterocycles. The summed E-state index contributed by atoms with van der Waals surface area (Å²) in [6, 6.07) is 17.4. The topological polar surface area (TPSA) is 61.3 Å². The van der Waals surface area contributed by atoms with Crippen LogP contribution < -0.4 is 16.2 Å². The zero-order chi connectivity index (χ0) is 22.4. The number of rotatable bonds is 16. The highest BCUT2D eigenvalue weighted by Gasteiger charge is 2.00. The van der Waals surface area contributed by atoms with Crippen LogP contribution >= 0.6 is 0 Å². The molecule has 0 fully saturated rings. The number of unbranched alkanes of at least 4 members (excludes halogenated alkanes) is 13. The first kappa shape index (κ1) is 26.9. The second-order valence-electron chi connectivity index (χ2n) is 8.40. The van der Waals surface area contributed by atoms with Gasteiger partial charge in [-0.2, -0.15) is 0 Å². The highest BCUT2D eigenvalue weighted by Crippen LogP contribution is 2.23. The Hall–Kier alpha value is -2.16. The Kier molecular flexibility index (Phi) is 17.2. The fourth-order valence-electron chi connectivity index (χ4n) is 3.56. The molecule has 0 aliphatic carbocycles. The zero-order valence-corrected chi connectivity index (χ0v) is 19.9. The van der Waals surface area contributed by atoms with E-state index in [1.807, 2.05) is 48.5 Å². The van der Waals surface area contributed by atoms with Crippen LogP contribution in [0, 0.1) is 0 Å². The van der Waals surface area contributed by atoms with Gasteiger partial charge in [0.25, 0.3) is 0 Å². The lowest BCUT2D eigenvalue weighted by Crippen LogP contribution is -2.01. The molecule has 0 unspecified atom stereocenters. The molecule has 0 saturated heterocycles. The summed E-state index contributed by atoms with van der Waals surface area (Å²) in [6.45, 7) is 3.02. The van der Waals surface area contributed by atoms with Crippen LogP contribution in [0.4, 0.5) is 11.4 Å².